The summed E-state index contributed by atoms with van der Waals surface area (Å²) in [4.78, 5) is 12.2. The minimum absolute atomic E-state index is 0.0477. The number of benzene rings is 1. The predicted molar refractivity (Wildman–Crippen MR) is 91.8 cm³/mol. The third kappa shape index (κ3) is 5.87. The Balaban J connectivity index is 1.79. The van der Waals surface area contributed by atoms with E-state index in [2.05, 4.69) is 5.32 Å². The molecule has 0 aromatic heterocycles. The van der Waals surface area contributed by atoms with Gasteiger partial charge >= 0.3 is 0 Å². The first-order valence-electron chi connectivity index (χ1n) is 8.45. The van der Waals surface area contributed by atoms with Crippen LogP contribution in [0.5, 0.6) is 5.75 Å². The maximum atomic E-state index is 12.2. The average molecular weight is 319 g/mol. The molecule has 1 fully saturated rings. The van der Waals surface area contributed by atoms with Crippen molar-refractivity contribution in [3.05, 3.63) is 29.8 Å². The minimum Gasteiger partial charge on any atom is -0.496 e. The third-order valence-corrected chi connectivity index (χ3v) is 4.28. The SMILES string of the molecule is COc1ccccc1[C@@H](C)CC(=O)NCC(C)(C)OCC1CC1. The van der Waals surface area contributed by atoms with Crippen molar-refractivity contribution < 1.29 is 14.3 Å². The summed E-state index contributed by atoms with van der Waals surface area (Å²) in [7, 11) is 1.66. The van der Waals surface area contributed by atoms with Gasteiger partial charge in [0.25, 0.3) is 0 Å². The van der Waals surface area contributed by atoms with E-state index in [9.17, 15) is 4.79 Å². The number of hydrogen-bond donors (Lipinski definition) is 1. The van der Waals surface area contributed by atoms with Gasteiger partial charge in [0.15, 0.2) is 0 Å². The zero-order valence-corrected chi connectivity index (χ0v) is 14.7. The fourth-order valence-electron chi connectivity index (χ4n) is 2.52. The summed E-state index contributed by atoms with van der Waals surface area (Å²) in [5.41, 5.74) is 0.751. The van der Waals surface area contributed by atoms with Crippen LogP contribution in [0.3, 0.4) is 0 Å². The second kappa shape index (κ2) is 7.82. The Kier molecular flexibility index (Phi) is 6.05. The fraction of sp³-hybridized carbons (Fsp3) is 0.632. The lowest BCUT2D eigenvalue weighted by Gasteiger charge is -2.26. The van der Waals surface area contributed by atoms with Crippen LogP contribution in [0, 0.1) is 5.92 Å². The van der Waals surface area contributed by atoms with Crippen molar-refractivity contribution in [1.29, 1.82) is 0 Å². The number of amides is 1. The van der Waals surface area contributed by atoms with E-state index in [0.29, 0.717) is 13.0 Å². The zero-order valence-electron chi connectivity index (χ0n) is 14.7. The van der Waals surface area contributed by atoms with Crippen LogP contribution in [-0.2, 0) is 9.53 Å². The van der Waals surface area contributed by atoms with Gasteiger partial charge in [-0.05, 0) is 50.2 Å². The Morgan fingerprint density at radius 2 is 2.04 bits per heavy atom. The first-order chi connectivity index (χ1) is 10.9. The lowest BCUT2D eigenvalue weighted by atomic mass is 9.96. The number of carbonyl (C=O) groups excluding carboxylic acids is 1. The number of rotatable bonds is 9. The Bertz CT molecular complexity index is 523. The van der Waals surface area contributed by atoms with Gasteiger partial charge in [0.05, 0.1) is 19.3 Å². The topological polar surface area (TPSA) is 47.6 Å². The Labute approximate surface area is 139 Å². The van der Waals surface area contributed by atoms with Crippen LogP contribution in [0.25, 0.3) is 0 Å². The molecule has 0 heterocycles. The average Bonchev–Trinajstić information content (AvgIpc) is 3.35. The molecule has 1 atom stereocenters. The van der Waals surface area contributed by atoms with Crippen LogP contribution in [0.2, 0.25) is 0 Å². The summed E-state index contributed by atoms with van der Waals surface area (Å²) in [6.07, 6.45) is 3.00. The number of methoxy groups -OCH3 is 1. The number of carbonyl (C=O) groups is 1. The molecule has 1 aliphatic rings. The molecule has 1 aromatic rings. The molecule has 0 aliphatic heterocycles. The summed E-state index contributed by atoms with van der Waals surface area (Å²) in [6, 6.07) is 7.86. The van der Waals surface area contributed by atoms with Gasteiger partial charge in [0, 0.05) is 13.0 Å². The summed E-state index contributed by atoms with van der Waals surface area (Å²) >= 11 is 0. The zero-order chi connectivity index (χ0) is 16.9. The molecule has 4 heteroatoms. The van der Waals surface area contributed by atoms with Gasteiger partial charge in [0.2, 0.25) is 5.91 Å². The molecule has 1 amide bonds. The fourth-order valence-corrected chi connectivity index (χ4v) is 2.52. The second-order valence-electron chi connectivity index (χ2n) is 7.14. The Hall–Kier alpha value is -1.55. The molecular weight excluding hydrogens is 290 g/mol. The van der Waals surface area contributed by atoms with E-state index in [1.807, 2.05) is 45.0 Å². The first kappa shape index (κ1) is 17.8. The third-order valence-electron chi connectivity index (χ3n) is 4.28. The largest absolute Gasteiger partial charge is 0.496 e. The van der Waals surface area contributed by atoms with Crippen molar-refractivity contribution >= 4 is 5.91 Å². The molecule has 0 bridgehead atoms. The molecule has 4 nitrogen and oxygen atoms in total. The molecule has 128 valence electrons. The number of ether oxygens (including phenoxy) is 2. The Morgan fingerprint density at radius 3 is 2.70 bits per heavy atom. The molecule has 1 aromatic carbocycles. The van der Waals surface area contributed by atoms with E-state index >= 15 is 0 Å². The molecule has 0 radical (unpaired) electrons. The van der Waals surface area contributed by atoms with Crippen LogP contribution in [-0.4, -0.2) is 31.8 Å². The highest BCUT2D eigenvalue weighted by atomic mass is 16.5. The number of hydrogen-bond acceptors (Lipinski definition) is 3. The van der Waals surface area contributed by atoms with E-state index in [1.165, 1.54) is 12.8 Å². The summed E-state index contributed by atoms with van der Waals surface area (Å²) < 4.78 is 11.3. The van der Waals surface area contributed by atoms with Gasteiger partial charge < -0.3 is 14.8 Å². The Morgan fingerprint density at radius 1 is 1.35 bits per heavy atom. The van der Waals surface area contributed by atoms with E-state index in [0.717, 1.165) is 23.8 Å². The van der Waals surface area contributed by atoms with Gasteiger partial charge in [-0.3, -0.25) is 4.79 Å². The highest BCUT2D eigenvalue weighted by molar-refractivity contribution is 5.77. The summed E-state index contributed by atoms with van der Waals surface area (Å²) in [6.45, 7) is 7.45. The second-order valence-corrected chi connectivity index (χ2v) is 7.14. The molecular formula is C19H29NO3. The standard InChI is InChI=1S/C19H29NO3/c1-14(16-7-5-6-8-17(16)22-4)11-18(21)20-13-19(2,3)23-12-15-9-10-15/h5-8,14-15H,9-13H2,1-4H3,(H,20,21)/t14-/m0/s1. The molecule has 1 N–H and O–H groups in total. The van der Waals surface area contributed by atoms with Crippen molar-refractivity contribution in [2.45, 2.75) is 51.6 Å². The van der Waals surface area contributed by atoms with Crippen LogP contribution >= 0.6 is 0 Å². The quantitative estimate of drug-likeness (QED) is 0.757. The highest BCUT2D eigenvalue weighted by Gasteiger charge is 2.27. The van der Waals surface area contributed by atoms with Crippen molar-refractivity contribution in [1.82, 2.24) is 5.32 Å². The summed E-state index contributed by atoms with van der Waals surface area (Å²) in [5.74, 6) is 1.73. The number of para-hydroxylation sites is 1. The lowest BCUT2D eigenvalue weighted by molar-refractivity contribution is -0.123. The van der Waals surface area contributed by atoms with Gasteiger partial charge in [-0.15, -0.1) is 0 Å². The summed E-state index contributed by atoms with van der Waals surface area (Å²) in [5, 5.41) is 3.00. The minimum atomic E-state index is -0.314. The molecule has 0 unspecified atom stereocenters. The van der Waals surface area contributed by atoms with Crippen LogP contribution in [0.1, 0.15) is 51.5 Å². The smallest absolute Gasteiger partial charge is 0.220 e. The highest BCUT2D eigenvalue weighted by Crippen LogP contribution is 2.30. The van der Waals surface area contributed by atoms with Crippen molar-refractivity contribution in [3.8, 4) is 5.75 Å². The molecule has 1 saturated carbocycles. The monoisotopic (exact) mass is 319 g/mol. The van der Waals surface area contributed by atoms with E-state index < -0.39 is 0 Å². The van der Waals surface area contributed by atoms with Gasteiger partial charge in [-0.2, -0.15) is 0 Å². The molecule has 23 heavy (non-hydrogen) atoms. The van der Waals surface area contributed by atoms with Crippen molar-refractivity contribution in [2.75, 3.05) is 20.3 Å². The van der Waals surface area contributed by atoms with Crippen LogP contribution < -0.4 is 10.1 Å². The normalized spacial score (nSPS) is 16.0. The number of nitrogens with one attached hydrogen (secondary N) is 1. The van der Waals surface area contributed by atoms with E-state index in [4.69, 9.17) is 9.47 Å². The van der Waals surface area contributed by atoms with Crippen molar-refractivity contribution in [3.63, 3.8) is 0 Å². The van der Waals surface area contributed by atoms with Gasteiger partial charge in [-0.25, -0.2) is 0 Å². The first-order valence-corrected chi connectivity index (χ1v) is 8.45. The molecule has 2 rings (SSSR count). The molecule has 0 spiro atoms. The molecule has 0 saturated heterocycles. The van der Waals surface area contributed by atoms with Crippen LogP contribution in [0.4, 0.5) is 0 Å². The van der Waals surface area contributed by atoms with Gasteiger partial charge in [-0.1, -0.05) is 25.1 Å². The van der Waals surface area contributed by atoms with Crippen LogP contribution in [0.15, 0.2) is 24.3 Å². The maximum Gasteiger partial charge on any atom is 0.220 e. The maximum absolute atomic E-state index is 12.2. The van der Waals surface area contributed by atoms with Gasteiger partial charge in [0.1, 0.15) is 5.75 Å². The van der Waals surface area contributed by atoms with Crippen molar-refractivity contribution in [2.24, 2.45) is 5.92 Å². The predicted octanol–water partition coefficient (Wildman–Crippen LogP) is 3.51. The molecule has 1 aliphatic carbocycles. The van der Waals surface area contributed by atoms with E-state index in [-0.39, 0.29) is 17.4 Å². The van der Waals surface area contributed by atoms with E-state index in [1.54, 1.807) is 7.11 Å². The lowest BCUT2D eigenvalue weighted by Crippen LogP contribution is -2.41.